The minimum Gasteiger partial charge on any atom is -0.507 e. The molecule has 0 atom stereocenters. The second-order valence-corrected chi connectivity index (χ2v) is 3.36. The molecule has 2 aromatic carbocycles. The van der Waals surface area contributed by atoms with Crippen LogP contribution in [0, 0.1) is 0 Å². The van der Waals surface area contributed by atoms with Gasteiger partial charge in [0.25, 0.3) is 0 Å². The van der Waals surface area contributed by atoms with Crippen LogP contribution in [0.4, 0.5) is 5.69 Å². The maximum Gasteiger partial charge on any atom is 0.123 e. The lowest BCUT2D eigenvalue weighted by Gasteiger charge is -2.08. The van der Waals surface area contributed by atoms with Gasteiger partial charge in [-0.1, -0.05) is 18.2 Å². The zero-order valence-corrected chi connectivity index (χ0v) is 8.38. The molecule has 0 bridgehead atoms. The van der Waals surface area contributed by atoms with Gasteiger partial charge < -0.3 is 10.2 Å². The third-order valence-corrected chi connectivity index (χ3v) is 2.32. The Morgan fingerprint density at radius 2 is 1.50 bits per heavy atom. The molecule has 2 rings (SSSR count). The van der Waals surface area contributed by atoms with Gasteiger partial charge >= 0.3 is 0 Å². The van der Waals surface area contributed by atoms with E-state index in [0.717, 1.165) is 0 Å². The highest BCUT2D eigenvalue weighted by molar-refractivity contribution is 5.77. The SMILES string of the molecule is ONc1ccc(O)c(-c2ccccc2O)c1. The van der Waals surface area contributed by atoms with Crippen molar-refractivity contribution in [3.05, 3.63) is 42.5 Å². The minimum atomic E-state index is 0.0421. The topological polar surface area (TPSA) is 72.7 Å². The van der Waals surface area contributed by atoms with Crippen molar-refractivity contribution in [1.29, 1.82) is 0 Å². The summed E-state index contributed by atoms with van der Waals surface area (Å²) < 4.78 is 0. The number of hydrogen-bond acceptors (Lipinski definition) is 4. The third-order valence-electron chi connectivity index (χ3n) is 2.32. The lowest BCUT2D eigenvalue weighted by atomic mass is 10.0. The van der Waals surface area contributed by atoms with Crippen LogP contribution in [0.15, 0.2) is 42.5 Å². The van der Waals surface area contributed by atoms with Gasteiger partial charge in [0.15, 0.2) is 0 Å². The molecule has 0 aliphatic carbocycles. The van der Waals surface area contributed by atoms with E-state index in [9.17, 15) is 10.2 Å². The van der Waals surface area contributed by atoms with E-state index in [1.54, 1.807) is 24.3 Å². The van der Waals surface area contributed by atoms with E-state index in [1.807, 2.05) is 5.48 Å². The number of anilines is 1. The van der Waals surface area contributed by atoms with Crippen molar-refractivity contribution < 1.29 is 15.4 Å². The summed E-state index contributed by atoms with van der Waals surface area (Å²) in [4.78, 5) is 0. The van der Waals surface area contributed by atoms with Gasteiger partial charge in [-0.15, -0.1) is 0 Å². The number of nitrogens with one attached hydrogen (secondary N) is 1. The molecule has 0 spiro atoms. The van der Waals surface area contributed by atoms with E-state index in [4.69, 9.17) is 5.21 Å². The number of benzene rings is 2. The molecule has 0 aromatic heterocycles. The van der Waals surface area contributed by atoms with Gasteiger partial charge in [-0.2, -0.15) is 0 Å². The summed E-state index contributed by atoms with van der Waals surface area (Å²) in [5.41, 5.74) is 3.40. The van der Waals surface area contributed by atoms with Gasteiger partial charge in [0.2, 0.25) is 0 Å². The van der Waals surface area contributed by atoms with Crippen LogP contribution in [0.1, 0.15) is 0 Å². The van der Waals surface area contributed by atoms with Crippen molar-refractivity contribution >= 4 is 5.69 Å². The number of phenolic OH excluding ortho intramolecular Hbond substituents is 2. The van der Waals surface area contributed by atoms with Crippen LogP contribution in [-0.2, 0) is 0 Å². The van der Waals surface area contributed by atoms with Crippen LogP contribution in [0.25, 0.3) is 11.1 Å². The predicted molar refractivity (Wildman–Crippen MR) is 60.6 cm³/mol. The van der Waals surface area contributed by atoms with E-state index in [2.05, 4.69) is 0 Å². The molecule has 0 amide bonds. The van der Waals surface area contributed by atoms with Crippen molar-refractivity contribution in [3.8, 4) is 22.6 Å². The zero-order valence-electron chi connectivity index (χ0n) is 8.38. The van der Waals surface area contributed by atoms with E-state index in [1.165, 1.54) is 18.2 Å². The highest BCUT2D eigenvalue weighted by Crippen LogP contribution is 2.36. The van der Waals surface area contributed by atoms with Crippen molar-refractivity contribution in [3.63, 3.8) is 0 Å². The molecule has 0 heterocycles. The van der Waals surface area contributed by atoms with Crippen LogP contribution < -0.4 is 5.48 Å². The molecule has 16 heavy (non-hydrogen) atoms. The Kier molecular flexibility index (Phi) is 2.66. The molecule has 0 unspecified atom stereocenters. The number of hydrogen-bond donors (Lipinski definition) is 4. The molecule has 0 aliphatic heterocycles. The summed E-state index contributed by atoms with van der Waals surface area (Å²) in [6, 6.07) is 11.2. The Hall–Kier alpha value is -2.20. The summed E-state index contributed by atoms with van der Waals surface area (Å²) in [5, 5.41) is 28.1. The summed E-state index contributed by atoms with van der Waals surface area (Å²) in [6.45, 7) is 0. The van der Waals surface area contributed by atoms with E-state index < -0.39 is 0 Å². The van der Waals surface area contributed by atoms with Crippen LogP contribution in [-0.4, -0.2) is 15.4 Å². The third kappa shape index (κ3) is 1.78. The highest BCUT2D eigenvalue weighted by Gasteiger charge is 2.08. The lowest BCUT2D eigenvalue weighted by Crippen LogP contribution is -1.89. The fourth-order valence-corrected chi connectivity index (χ4v) is 1.52. The lowest BCUT2D eigenvalue weighted by molar-refractivity contribution is 0.388. The quantitative estimate of drug-likeness (QED) is 0.461. The van der Waals surface area contributed by atoms with Crippen LogP contribution in [0.5, 0.6) is 11.5 Å². The molecule has 4 heteroatoms. The normalized spacial score (nSPS) is 10.1. The first kappa shape index (κ1) is 10.3. The first-order chi connectivity index (χ1) is 7.72. The predicted octanol–water partition coefficient (Wildman–Crippen LogP) is 2.57. The molecule has 0 saturated heterocycles. The van der Waals surface area contributed by atoms with E-state index >= 15 is 0 Å². The second kappa shape index (κ2) is 4.12. The summed E-state index contributed by atoms with van der Waals surface area (Å²) in [6.07, 6.45) is 0. The maximum absolute atomic E-state index is 9.69. The van der Waals surface area contributed by atoms with Crippen molar-refractivity contribution in [2.24, 2.45) is 0 Å². The largest absolute Gasteiger partial charge is 0.507 e. The number of para-hydroxylation sites is 1. The molecular weight excluding hydrogens is 206 g/mol. The monoisotopic (exact) mass is 217 g/mol. The van der Waals surface area contributed by atoms with Crippen molar-refractivity contribution in [2.75, 3.05) is 5.48 Å². The highest BCUT2D eigenvalue weighted by atomic mass is 16.5. The van der Waals surface area contributed by atoms with Crippen LogP contribution in [0.3, 0.4) is 0 Å². The second-order valence-electron chi connectivity index (χ2n) is 3.36. The first-order valence-corrected chi connectivity index (χ1v) is 4.74. The fourth-order valence-electron chi connectivity index (χ4n) is 1.52. The summed E-state index contributed by atoms with van der Waals surface area (Å²) >= 11 is 0. The summed E-state index contributed by atoms with van der Waals surface area (Å²) in [5.74, 6) is 0.119. The van der Waals surface area contributed by atoms with Crippen LogP contribution in [0.2, 0.25) is 0 Å². The van der Waals surface area contributed by atoms with Crippen molar-refractivity contribution in [2.45, 2.75) is 0 Å². The Balaban J connectivity index is 2.59. The van der Waals surface area contributed by atoms with Gasteiger partial charge in [0, 0.05) is 11.1 Å². The maximum atomic E-state index is 9.69. The number of aromatic hydroxyl groups is 2. The standard InChI is InChI=1S/C12H11NO3/c14-11-4-2-1-3-9(11)10-7-8(13-16)5-6-12(10)15/h1-7,13-16H. The Labute approximate surface area is 92.4 Å². The Bertz CT molecular complexity index is 511. The molecular formula is C12H11NO3. The van der Waals surface area contributed by atoms with Gasteiger partial charge in [-0.25, -0.2) is 0 Å². The molecule has 82 valence electrons. The van der Waals surface area contributed by atoms with Gasteiger partial charge in [-0.05, 0) is 24.3 Å². The average Bonchev–Trinajstić information content (AvgIpc) is 2.31. The molecule has 0 fully saturated rings. The first-order valence-electron chi connectivity index (χ1n) is 4.74. The van der Waals surface area contributed by atoms with Gasteiger partial charge in [-0.3, -0.25) is 10.7 Å². The van der Waals surface area contributed by atoms with Crippen LogP contribution >= 0.6 is 0 Å². The Morgan fingerprint density at radius 1 is 0.812 bits per heavy atom. The molecule has 4 N–H and O–H groups in total. The number of phenols is 2. The van der Waals surface area contributed by atoms with E-state index in [0.29, 0.717) is 16.8 Å². The molecule has 2 aromatic rings. The van der Waals surface area contributed by atoms with E-state index in [-0.39, 0.29) is 11.5 Å². The fraction of sp³-hybridized carbons (Fsp3) is 0. The van der Waals surface area contributed by atoms with Crippen molar-refractivity contribution in [1.82, 2.24) is 0 Å². The molecule has 0 radical (unpaired) electrons. The smallest absolute Gasteiger partial charge is 0.123 e. The van der Waals surface area contributed by atoms with Gasteiger partial charge in [0.05, 0.1) is 5.69 Å². The summed E-state index contributed by atoms with van der Waals surface area (Å²) in [7, 11) is 0. The molecule has 0 aliphatic rings. The molecule has 0 saturated carbocycles. The Morgan fingerprint density at radius 3 is 2.19 bits per heavy atom. The molecule has 4 nitrogen and oxygen atoms in total. The average molecular weight is 217 g/mol. The zero-order chi connectivity index (χ0) is 11.5. The number of rotatable bonds is 2. The van der Waals surface area contributed by atoms with Gasteiger partial charge in [0.1, 0.15) is 11.5 Å². The minimum absolute atomic E-state index is 0.0421.